The van der Waals surface area contributed by atoms with Crippen LogP contribution in [0, 0.1) is 23.5 Å². The van der Waals surface area contributed by atoms with Crippen LogP contribution in [-0.4, -0.2) is 44.3 Å². The number of rotatable bonds is 5. The van der Waals surface area contributed by atoms with E-state index in [4.69, 9.17) is 11.6 Å². The Kier molecular flexibility index (Phi) is 6.60. The van der Waals surface area contributed by atoms with Crippen molar-refractivity contribution in [2.24, 2.45) is 11.8 Å². The molecule has 1 aromatic carbocycles. The van der Waals surface area contributed by atoms with E-state index in [1.54, 1.807) is 21.6 Å². The maximum Gasteiger partial charge on any atom is 0.245 e. The molecule has 0 saturated carbocycles. The van der Waals surface area contributed by atoms with Gasteiger partial charge in [-0.15, -0.1) is 0 Å². The zero-order chi connectivity index (χ0) is 23.7. The number of amides is 2. The first kappa shape index (κ1) is 23.1. The summed E-state index contributed by atoms with van der Waals surface area (Å²) >= 11 is 5.84. The highest BCUT2D eigenvalue weighted by Gasteiger charge is 2.34. The number of carbonyl (C=O) groups is 2. The number of hydrogen-bond donors (Lipinski definition) is 1. The number of imidazole rings is 1. The molecule has 1 aliphatic heterocycles. The minimum atomic E-state index is -0.996. The van der Waals surface area contributed by atoms with E-state index in [2.05, 4.69) is 15.3 Å². The van der Waals surface area contributed by atoms with E-state index in [-0.39, 0.29) is 35.7 Å². The number of likely N-dealkylation sites (tertiary alicyclic amines) is 1. The number of hydrogen-bond acceptors (Lipinski definition) is 4. The molecule has 1 saturated heterocycles. The summed E-state index contributed by atoms with van der Waals surface area (Å²) in [6.07, 6.45) is 4.21. The summed E-state index contributed by atoms with van der Waals surface area (Å²) in [5.74, 6) is -2.52. The number of nitrogens with zero attached hydrogens (tertiary/aromatic N) is 4. The van der Waals surface area contributed by atoms with Crippen molar-refractivity contribution in [1.82, 2.24) is 19.4 Å². The molecular formula is C23H24ClF2N5O2. The third kappa shape index (κ3) is 4.83. The molecule has 0 spiro atoms. The Bertz CT molecular complexity index is 1180. The molecular weight excluding hydrogens is 452 g/mol. The van der Waals surface area contributed by atoms with E-state index in [0.29, 0.717) is 35.7 Å². The summed E-state index contributed by atoms with van der Waals surface area (Å²) in [5, 5.41) is 3.24. The summed E-state index contributed by atoms with van der Waals surface area (Å²) in [7, 11) is 0. The fourth-order valence-electron chi connectivity index (χ4n) is 4.23. The van der Waals surface area contributed by atoms with Gasteiger partial charge < -0.3 is 14.8 Å². The minimum Gasteiger partial charge on any atom is -0.340 e. The maximum atomic E-state index is 13.9. The van der Waals surface area contributed by atoms with Crippen LogP contribution < -0.4 is 5.32 Å². The highest BCUT2D eigenvalue weighted by atomic mass is 35.5. The van der Waals surface area contributed by atoms with Crippen LogP contribution in [0.5, 0.6) is 0 Å². The molecule has 3 aromatic rings. The van der Waals surface area contributed by atoms with E-state index < -0.39 is 17.7 Å². The molecule has 2 aromatic heterocycles. The fraction of sp³-hybridized carbons (Fsp3) is 0.391. The Labute approximate surface area is 194 Å². The summed E-state index contributed by atoms with van der Waals surface area (Å²) in [4.78, 5) is 36.2. The van der Waals surface area contributed by atoms with Gasteiger partial charge in [0.1, 0.15) is 11.9 Å². The average molecular weight is 476 g/mol. The summed E-state index contributed by atoms with van der Waals surface area (Å²) in [5.41, 5.74) is 0.625. The van der Waals surface area contributed by atoms with E-state index in [0.717, 1.165) is 12.1 Å². The molecule has 0 aliphatic carbocycles. The summed E-state index contributed by atoms with van der Waals surface area (Å²) in [6, 6.07) is 4.67. The smallest absolute Gasteiger partial charge is 0.245 e. The van der Waals surface area contributed by atoms with Crippen LogP contribution in [0.4, 0.5) is 14.6 Å². The van der Waals surface area contributed by atoms with Gasteiger partial charge in [-0.3, -0.25) is 9.59 Å². The van der Waals surface area contributed by atoms with Crippen molar-refractivity contribution in [1.29, 1.82) is 0 Å². The molecule has 1 N–H and O–H groups in total. The topological polar surface area (TPSA) is 80.1 Å². The molecule has 1 fully saturated rings. The zero-order valence-electron chi connectivity index (χ0n) is 18.3. The Hall–Kier alpha value is -3.07. The SMILES string of the molecule is CC(C)C(C(=O)N1CCCC(C(=O)Nc2ccc(Cl)cn2)C1)n1cnc2cc(F)c(F)cc21. The van der Waals surface area contributed by atoms with E-state index in [1.807, 2.05) is 13.8 Å². The predicted molar refractivity (Wildman–Crippen MR) is 121 cm³/mol. The number of fused-ring (bicyclic) bond motifs is 1. The van der Waals surface area contributed by atoms with E-state index >= 15 is 0 Å². The molecule has 1 aliphatic rings. The van der Waals surface area contributed by atoms with Crippen LogP contribution in [0.1, 0.15) is 32.7 Å². The minimum absolute atomic E-state index is 0.143. The Morgan fingerprint density at radius 1 is 1.18 bits per heavy atom. The quantitative estimate of drug-likeness (QED) is 0.591. The summed E-state index contributed by atoms with van der Waals surface area (Å²) < 4.78 is 29.1. The van der Waals surface area contributed by atoms with Gasteiger partial charge in [0.2, 0.25) is 11.8 Å². The maximum absolute atomic E-state index is 13.9. The largest absolute Gasteiger partial charge is 0.340 e. The van der Waals surface area contributed by atoms with Crippen LogP contribution >= 0.6 is 11.6 Å². The third-order valence-corrected chi connectivity index (χ3v) is 6.11. The van der Waals surface area contributed by atoms with Crippen LogP contribution in [-0.2, 0) is 9.59 Å². The van der Waals surface area contributed by atoms with Crippen LogP contribution in [0.15, 0.2) is 36.8 Å². The normalized spacial score (nSPS) is 17.4. The lowest BCUT2D eigenvalue weighted by Gasteiger charge is -2.35. The Morgan fingerprint density at radius 2 is 1.94 bits per heavy atom. The van der Waals surface area contributed by atoms with Crippen molar-refractivity contribution < 1.29 is 18.4 Å². The van der Waals surface area contributed by atoms with Gasteiger partial charge in [-0.05, 0) is 30.9 Å². The van der Waals surface area contributed by atoms with E-state index in [1.165, 1.54) is 12.5 Å². The first-order valence-corrected chi connectivity index (χ1v) is 11.1. The lowest BCUT2D eigenvalue weighted by molar-refractivity contribution is -0.139. The number of benzene rings is 1. The number of anilines is 1. The van der Waals surface area contributed by atoms with E-state index in [9.17, 15) is 18.4 Å². The first-order valence-electron chi connectivity index (χ1n) is 10.8. The monoisotopic (exact) mass is 475 g/mol. The van der Waals surface area contributed by atoms with Crippen LogP contribution in [0.3, 0.4) is 0 Å². The highest BCUT2D eigenvalue weighted by Crippen LogP contribution is 2.29. The summed E-state index contributed by atoms with van der Waals surface area (Å²) in [6.45, 7) is 4.54. The molecule has 0 bridgehead atoms. The first-order chi connectivity index (χ1) is 15.7. The van der Waals surface area contributed by atoms with Gasteiger partial charge in [-0.25, -0.2) is 18.7 Å². The predicted octanol–water partition coefficient (Wildman–Crippen LogP) is 4.44. The molecule has 3 heterocycles. The van der Waals surface area contributed by atoms with Crippen molar-refractivity contribution in [3.63, 3.8) is 0 Å². The number of aromatic nitrogens is 3. The van der Waals surface area contributed by atoms with Gasteiger partial charge in [-0.1, -0.05) is 25.4 Å². The molecule has 174 valence electrons. The lowest BCUT2D eigenvalue weighted by Crippen LogP contribution is -2.47. The lowest BCUT2D eigenvalue weighted by atomic mass is 9.94. The Morgan fingerprint density at radius 3 is 2.64 bits per heavy atom. The second-order valence-corrected chi connectivity index (χ2v) is 9.01. The fourth-order valence-corrected chi connectivity index (χ4v) is 4.34. The standard InChI is InChI=1S/C23H24ClF2N5O2/c1-13(2)21(31-12-28-18-8-16(25)17(26)9-19(18)31)23(33)30-7-3-4-14(11-30)22(32)29-20-6-5-15(24)10-27-20/h5-6,8-10,12-14,21H,3-4,7,11H2,1-2H3,(H,27,29,32). The number of piperidine rings is 1. The highest BCUT2D eigenvalue weighted by molar-refractivity contribution is 6.30. The van der Waals surface area contributed by atoms with Gasteiger partial charge >= 0.3 is 0 Å². The van der Waals surface area contributed by atoms with Crippen molar-refractivity contribution in [3.05, 3.63) is 53.4 Å². The van der Waals surface area contributed by atoms with Crippen molar-refractivity contribution in [2.75, 3.05) is 18.4 Å². The molecule has 10 heteroatoms. The number of pyridine rings is 1. The van der Waals surface area contributed by atoms with Gasteiger partial charge in [-0.2, -0.15) is 0 Å². The van der Waals surface area contributed by atoms with Crippen molar-refractivity contribution in [3.8, 4) is 0 Å². The van der Waals surface area contributed by atoms with Crippen molar-refractivity contribution >= 4 is 40.3 Å². The van der Waals surface area contributed by atoms with Crippen LogP contribution in [0.25, 0.3) is 11.0 Å². The average Bonchev–Trinajstić information content (AvgIpc) is 3.17. The molecule has 0 radical (unpaired) electrons. The molecule has 2 amide bonds. The molecule has 7 nitrogen and oxygen atoms in total. The molecule has 2 atom stereocenters. The molecule has 4 rings (SSSR count). The zero-order valence-corrected chi connectivity index (χ0v) is 19.0. The van der Waals surface area contributed by atoms with Gasteiger partial charge in [0.25, 0.3) is 0 Å². The number of nitrogens with one attached hydrogen (secondary N) is 1. The van der Waals surface area contributed by atoms with Gasteiger partial charge in [0.05, 0.1) is 28.3 Å². The third-order valence-electron chi connectivity index (χ3n) is 5.88. The van der Waals surface area contributed by atoms with Gasteiger partial charge in [0.15, 0.2) is 11.6 Å². The number of halogens is 3. The Balaban J connectivity index is 1.53. The van der Waals surface area contributed by atoms with Gasteiger partial charge in [0, 0.05) is 31.4 Å². The second-order valence-electron chi connectivity index (χ2n) is 8.57. The number of carbonyl (C=O) groups excluding carboxylic acids is 2. The molecule has 2 unspecified atom stereocenters. The second kappa shape index (κ2) is 9.43. The molecule has 33 heavy (non-hydrogen) atoms. The van der Waals surface area contributed by atoms with Crippen LogP contribution in [0.2, 0.25) is 5.02 Å². The van der Waals surface area contributed by atoms with Crippen molar-refractivity contribution in [2.45, 2.75) is 32.7 Å².